The zero-order valence-electron chi connectivity index (χ0n) is 15.5. The number of nitrogens with two attached hydrogens (primary N) is 1. The molecule has 0 bridgehead atoms. The second-order valence-electron chi connectivity index (χ2n) is 6.35. The SMILES string of the molecule is Nc1cc(C(=O)Nc2cnc(-n3nccn3)c(Cl)c2)c(Cl)cc1-c1ccc(F)cc1Cl. The maximum absolute atomic E-state index is 13.3. The van der Waals surface area contributed by atoms with Crippen molar-refractivity contribution < 1.29 is 9.18 Å². The van der Waals surface area contributed by atoms with E-state index in [1.54, 1.807) is 0 Å². The van der Waals surface area contributed by atoms with Gasteiger partial charge < -0.3 is 11.1 Å². The molecule has 7 nitrogen and oxygen atoms in total. The van der Waals surface area contributed by atoms with Crippen LogP contribution in [0.2, 0.25) is 15.1 Å². The van der Waals surface area contributed by atoms with E-state index in [1.807, 2.05) is 0 Å². The molecule has 0 atom stereocenters. The molecule has 0 fully saturated rings. The highest BCUT2D eigenvalue weighted by Gasteiger charge is 2.17. The van der Waals surface area contributed by atoms with Crippen LogP contribution in [0.25, 0.3) is 16.9 Å². The van der Waals surface area contributed by atoms with Crippen LogP contribution in [0.4, 0.5) is 15.8 Å². The van der Waals surface area contributed by atoms with Crippen LogP contribution in [0.1, 0.15) is 10.4 Å². The third-order valence-electron chi connectivity index (χ3n) is 4.29. The lowest BCUT2D eigenvalue weighted by Gasteiger charge is -2.13. The molecule has 2 aromatic heterocycles. The van der Waals surface area contributed by atoms with Gasteiger partial charge in [-0.05, 0) is 36.4 Å². The number of halogens is 4. The van der Waals surface area contributed by atoms with Gasteiger partial charge in [-0.15, -0.1) is 4.80 Å². The van der Waals surface area contributed by atoms with Crippen LogP contribution in [0.15, 0.2) is 55.0 Å². The topological polar surface area (TPSA) is 98.7 Å². The summed E-state index contributed by atoms with van der Waals surface area (Å²) in [7, 11) is 0. The van der Waals surface area contributed by atoms with Gasteiger partial charge in [0.05, 0.1) is 44.9 Å². The molecule has 0 aliphatic rings. The molecule has 2 heterocycles. The van der Waals surface area contributed by atoms with Crippen molar-refractivity contribution in [3.8, 4) is 16.9 Å². The van der Waals surface area contributed by atoms with Crippen LogP contribution in [-0.4, -0.2) is 25.9 Å². The van der Waals surface area contributed by atoms with Crippen molar-refractivity contribution in [1.82, 2.24) is 20.0 Å². The van der Waals surface area contributed by atoms with Crippen molar-refractivity contribution in [3.05, 3.63) is 81.4 Å². The monoisotopic (exact) mass is 476 g/mol. The van der Waals surface area contributed by atoms with E-state index in [1.165, 1.54) is 59.8 Å². The molecule has 156 valence electrons. The van der Waals surface area contributed by atoms with Crippen LogP contribution >= 0.6 is 34.8 Å². The van der Waals surface area contributed by atoms with Crippen LogP contribution in [0.5, 0.6) is 0 Å². The van der Waals surface area contributed by atoms with E-state index >= 15 is 0 Å². The summed E-state index contributed by atoms with van der Waals surface area (Å²) in [5, 5.41) is 11.1. The minimum absolute atomic E-state index is 0.134. The highest BCUT2D eigenvalue weighted by Crippen LogP contribution is 2.36. The Balaban J connectivity index is 1.61. The Hall–Kier alpha value is -3.20. The first-order chi connectivity index (χ1) is 14.8. The number of amides is 1. The standard InChI is InChI=1S/C20H12Cl3FN6O/c21-15-5-10(24)1-2-12(15)13-7-16(22)14(8-18(13)25)20(31)29-11-6-17(23)19(26-9-11)30-27-3-4-28-30/h1-9H,25H2,(H,29,31). The average molecular weight is 478 g/mol. The lowest BCUT2D eigenvalue weighted by molar-refractivity contribution is 0.102. The summed E-state index contributed by atoms with van der Waals surface area (Å²) in [6, 6.07) is 8.35. The van der Waals surface area contributed by atoms with Gasteiger partial charge in [-0.25, -0.2) is 9.37 Å². The highest BCUT2D eigenvalue weighted by atomic mass is 35.5. The number of carbonyl (C=O) groups excluding carboxylic acids is 1. The normalized spacial score (nSPS) is 10.8. The van der Waals surface area contributed by atoms with Crippen molar-refractivity contribution in [2.45, 2.75) is 0 Å². The molecule has 2 aromatic carbocycles. The van der Waals surface area contributed by atoms with Crippen LogP contribution in [0.3, 0.4) is 0 Å². The van der Waals surface area contributed by atoms with Gasteiger partial charge in [0.15, 0.2) is 5.82 Å². The highest BCUT2D eigenvalue weighted by molar-refractivity contribution is 6.36. The fourth-order valence-electron chi connectivity index (χ4n) is 2.87. The third kappa shape index (κ3) is 4.32. The second kappa shape index (κ2) is 8.50. The fourth-order valence-corrected chi connectivity index (χ4v) is 3.64. The molecule has 0 saturated heterocycles. The predicted octanol–water partition coefficient (Wildman–Crippen LogP) is 5.26. The summed E-state index contributed by atoms with van der Waals surface area (Å²) in [6.07, 6.45) is 4.39. The van der Waals surface area contributed by atoms with Gasteiger partial charge in [-0.1, -0.05) is 34.8 Å². The van der Waals surface area contributed by atoms with Crippen molar-refractivity contribution in [2.24, 2.45) is 0 Å². The summed E-state index contributed by atoms with van der Waals surface area (Å²) in [6.45, 7) is 0. The predicted molar refractivity (Wildman–Crippen MR) is 118 cm³/mol. The number of hydrogen-bond donors (Lipinski definition) is 2. The first kappa shape index (κ1) is 21.0. The van der Waals surface area contributed by atoms with E-state index in [2.05, 4.69) is 20.5 Å². The zero-order valence-corrected chi connectivity index (χ0v) is 17.8. The molecule has 31 heavy (non-hydrogen) atoms. The molecule has 0 unspecified atom stereocenters. The maximum Gasteiger partial charge on any atom is 0.257 e. The Bertz CT molecular complexity index is 1300. The number of nitrogen functional groups attached to an aromatic ring is 1. The molecule has 0 radical (unpaired) electrons. The summed E-state index contributed by atoms with van der Waals surface area (Å²) in [5.41, 5.74) is 7.81. The van der Waals surface area contributed by atoms with E-state index in [0.29, 0.717) is 22.6 Å². The zero-order chi connectivity index (χ0) is 22.1. The summed E-state index contributed by atoms with van der Waals surface area (Å²) in [4.78, 5) is 18.2. The van der Waals surface area contributed by atoms with Crippen molar-refractivity contribution in [3.63, 3.8) is 0 Å². The summed E-state index contributed by atoms with van der Waals surface area (Å²) >= 11 is 18.7. The lowest BCUT2D eigenvalue weighted by Crippen LogP contribution is -2.14. The Morgan fingerprint density at radius 2 is 1.71 bits per heavy atom. The molecule has 4 rings (SSSR count). The molecule has 11 heteroatoms. The van der Waals surface area contributed by atoms with Crippen molar-refractivity contribution in [1.29, 1.82) is 0 Å². The van der Waals surface area contributed by atoms with E-state index in [4.69, 9.17) is 40.5 Å². The minimum Gasteiger partial charge on any atom is -0.398 e. The second-order valence-corrected chi connectivity index (χ2v) is 7.57. The number of nitrogens with zero attached hydrogens (tertiary/aromatic N) is 4. The fraction of sp³-hybridized carbons (Fsp3) is 0. The molecule has 4 aromatic rings. The van der Waals surface area contributed by atoms with Gasteiger partial charge >= 0.3 is 0 Å². The van der Waals surface area contributed by atoms with Crippen molar-refractivity contribution in [2.75, 3.05) is 11.1 Å². The summed E-state index contributed by atoms with van der Waals surface area (Å²) < 4.78 is 13.3. The van der Waals surface area contributed by atoms with Gasteiger partial charge in [-0.3, -0.25) is 4.79 Å². The molecule has 1 amide bonds. The quantitative estimate of drug-likeness (QED) is 0.391. The number of hydrogen-bond acceptors (Lipinski definition) is 5. The van der Waals surface area contributed by atoms with Crippen molar-refractivity contribution >= 4 is 52.1 Å². The molecular weight excluding hydrogens is 466 g/mol. The number of carbonyl (C=O) groups is 1. The minimum atomic E-state index is -0.517. The number of pyridine rings is 1. The first-order valence-corrected chi connectivity index (χ1v) is 9.85. The van der Waals surface area contributed by atoms with E-state index in [-0.39, 0.29) is 26.3 Å². The van der Waals surface area contributed by atoms with Gasteiger partial charge in [0, 0.05) is 16.8 Å². The number of aromatic nitrogens is 4. The summed E-state index contributed by atoms with van der Waals surface area (Å²) in [5.74, 6) is -0.681. The van der Waals surface area contributed by atoms with E-state index in [0.717, 1.165) is 0 Å². The molecule has 3 N–H and O–H groups in total. The molecular formula is C20H12Cl3FN6O. The van der Waals surface area contributed by atoms with Gasteiger partial charge in [0.25, 0.3) is 5.91 Å². The molecule has 0 aliphatic heterocycles. The average Bonchev–Trinajstić information content (AvgIpc) is 3.24. The van der Waals surface area contributed by atoms with Gasteiger partial charge in [-0.2, -0.15) is 10.2 Å². The third-order valence-corrected chi connectivity index (χ3v) is 5.20. The molecule has 0 saturated carbocycles. The number of nitrogens with one attached hydrogen (secondary N) is 1. The first-order valence-electron chi connectivity index (χ1n) is 8.71. The largest absolute Gasteiger partial charge is 0.398 e. The molecule has 0 spiro atoms. The van der Waals surface area contributed by atoms with Crippen LogP contribution in [-0.2, 0) is 0 Å². The Morgan fingerprint density at radius 1 is 0.968 bits per heavy atom. The number of anilines is 2. The maximum atomic E-state index is 13.3. The Labute approximate surface area is 190 Å². The van der Waals surface area contributed by atoms with Crippen LogP contribution in [0, 0.1) is 5.82 Å². The van der Waals surface area contributed by atoms with E-state index < -0.39 is 11.7 Å². The number of rotatable bonds is 4. The Morgan fingerprint density at radius 3 is 2.39 bits per heavy atom. The van der Waals surface area contributed by atoms with E-state index in [9.17, 15) is 9.18 Å². The molecule has 0 aliphatic carbocycles. The van der Waals surface area contributed by atoms with Gasteiger partial charge in [0.2, 0.25) is 0 Å². The van der Waals surface area contributed by atoms with Gasteiger partial charge in [0.1, 0.15) is 5.82 Å². The van der Waals surface area contributed by atoms with Crippen LogP contribution < -0.4 is 11.1 Å². The smallest absolute Gasteiger partial charge is 0.257 e. The number of benzene rings is 2. The Kier molecular flexibility index (Phi) is 5.77. The lowest BCUT2D eigenvalue weighted by atomic mass is 10.0.